The molecular formula is C19H27N3. The molecule has 0 aliphatic carbocycles. The Morgan fingerprint density at radius 2 is 1.86 bits per heavy atom. The normalized spacial score (nSPS) is 15.1. The minimum atomic E-state index is 0.0705. The van der Waals surface area contributed by atoms with Gasteiger partial charge < -0.3 is 5.32 Å². The molecule has 1 aliphatic heterocycles. The van der Waals surface area contributed by atoms with E-state index in [1.165, 1.54) is 41.0 Å². The zero-order valence-electron chi connectivity index (χ0n) is 14.5. The maximum atomic E-state index is 5.00. The summed E-state index contributed by atoms with van der Waals surface area (Å²) in [6, 6.07) is 6.60. The van der Waals surface area contributed by atoms with Crippen LogP contribution in [0.2, 0.25) is 0 Å². The maximum absolute atomic E-state index is 5.00. The van der Waals surface area contributed by atoms with Gasteiger partial charge in [-0.3, -0.25) is 0 Å². The molecule has 1 aliphatic rings. The topological polar surface area (TPSA) is 29.9 Å². The first-order valence-electron chi connectivity index (χ1n) is 8.32. The highest BCUT2D eigenvalue weighted by molar-refractivity contribution is 5.56. The van der Waals surface area contributed by atoms with Crippen LogP contribution < -0.4 is 5.32 Å². The molecule has 3 heteroatoms. The van der Waals surface area contributed by atoms with Crippen molar-refractivity contribution in [3.05, 3.63) is 40.6 Å². The van der Waals surface area contributed by atoms with Gasteiger partial charge in [-0.15, -0.1) is 0 Å². The van der Waals surface area contributed by atoms with Crippen molar-refractivity contribution in [1.82, 2.24) is 9.78 Å². The number of nitrogens with one attached hydrogen (secondary N) is 1. The molecule has 0 unspecified atom stereocenters. The molecule has 0 spiro atoms. The van der Waals surface area contributed by atoms with Crippen LogP contribution in [0.1, 0.15) is 56.0 Å². The lowest BCUT2D eigenvalue weighted by molar-refractivity contribution is 0.552. The highest BCUT2D eigenvalue weighted by Crippen LogP contribution is 2.34. The number of fused-ring (bicyclic) bond motifs is 1. The first kappa shape index (κ1) is 15.1. The van der Waals surface area contributed by atoms with Crippen molar-refractivity contribution in [3.8, 4) is 5.69 Å². The third-order valence-corrected chi connectivity index (χ3v) is 4.57. The molecule has 3 rings (SSSR count). The maximum Gasteiger partial charge on any atom is 0.133 e. The second kappa shape index (κ2) is 5.45. The number of nitrogens with zero attached hydrogens (tertiary/aromatic N) is 2. The van der Waals surface area contributed by atoms with Gasteiger partial charge >= 0.3 is 0 Å². The van der Waals surface area contributed by atoms with Crippen LogP contribution in [0.3, 0.4) is 0 Å². The van der Waals surface area contributed by atoms with Crippen molar-refractivity contribution < 1.29 is 0 Å². The molecule has 22 heavy (non-hydrogen) atoms. The molecule has 2 aromatic rings. The van der Waals surface area contributed by atoms with Gasteiger partial charge in [-0.2, -0.15) is 5.10 Å². The summed E-state index contributed by atoms with van der Waals surface area (Å²) in [6.07, 6.45) is 3.59. The molecular weight excluding hydrogens is 270 g/mol. The van der Waals surface area contributed by atoms with Crippen molar-refractivity contribution in [2.24, 2.45) is 0 Å². The van der Waals surface area contributed by atoms with Crippen LogP contribution in [-0.4, -0.2) is 16.3 Å². The van der Waals surface area contributed by atoms with Crippen LogP contribution in [0.5, 0.6) is 0 Å². The number of aromatic nitrogens is 2. The standard InChI is InChI=1S/C19H27N3/c1-13-9-10-15(12-14(13)2)22-18-16(8-6-7-11-20-18)17(21-22)19(3,4)5/h9-10,12,20H,6-8,11H2,1-5H3. The molecule has 0 saturated carbocycles. The monoisotopic (exact) mass is 297 g/mol. The minimum absolute atomic E-state index is 0.0705. The summed E-state index contributed by atoms with van der Waals surface area (Å²) in [7, 11) is 0. The third-order valence-electron chi connectivity index (χ3n) is 4.57. The fourth-order valence-electron chi connectivity index (χ4n) is 3.15. The Hall–Kier alpha value is -1.77. The molecule has 0 bridgehead atoms. The molecule has 118 valence electrons. The van der Waals surface area contributed by atoms with Crippen LogP contribution in [-0.2, 0) is 11.8 Å². The van der Waals surface area contributed by atoms with E-state index < -0.39 is 0 Å². The Morgan fingerprint density at radius 1 is 1.09 bits per heavy atom. The number of hydrogen-bond acceptors (Lipinski definition) is 2. The molecule has 3 nitrogen and oxygen atoms in total. The van der Waals surface area contributed by atoms with Gasteiger partial charge in [0.1, 0.15) is 5.82 Å². The molecule has 1 aromatic heterocycles. The lowest BCUT2D eigenvalue weighted by Gasteiger charge is -2.17. The third kappa shape index (κ3) is 2.65. The SMILES string of the molecule is Cc1ccc(-n2nc(C(C)(C)C)c3c2NCCCC3)cc1C. The van der Waals surface area contributed by atoms with E-state index in [4.69, 9.17) is 5.10 Å². The summed E-state index contributed by atoms with van der Waals surface area (Å²) in [5.74, 6) is 1.20. The Labute approximate surface area is 133 Å². The summed E-state index contributed by atoms with van der Waals surface area (Å²) in [4.78, 5) is 0. The summed E-state index contributed by atoms with van der Waals surface area (Å²) in [5, 5.41) is 8.62. The average Bonchev–Trinajstić information content (AvgIpc) is 2.65. The molecule has 0 atom stereocenters. The highest BCUT2D eigenvalue weighted by Gasteiger charge is 2.27. The molecule has 0 fully saturated rings. The highest BCUT2D eigenvalue weighted by atomic mass is 15.3. The van der Waals surface area contributed by atoms with E-state index in [0.717, 1.165) is 18.7 Å². The minimum Gasteiger partial charge on any atom is -0.370 e. The lowest BCUT2D eigenvalue weighted by Crippen LogP contribution is -2.15. The van der Waals surface area contributed by atoms with Crippen molar-refractivity contribution in [2.75, 3.05) is 11.9 Å². The first-order valence-corrected chi connectivity index (χ1v) is 8.32. The van der Waals surface area contributed by atoms with Crippen molar-refractivity contribution in [1.29, 1.82) is 0 Å². The van der Waals surface area contributed by atoms with Gasteiger partial charge in [0.15, 0.2) is 0 Å². The largest absolute Gasteiger partial charge is 0.370 e. The van der Waals surface area contributed by atoms with Gasteiger partial charge in [-0.25, -0.2) is 4.68 Å². The summed E-state index contributed by atoms with van der Waals surface area (Å²) in [5.41, 5.74) is 6.50. The smallest absolute Gasteiger partial charge is 0.133 e. The van der Waals surface area contributed by atoms with E-state index in [0.29, 0.717) is 0 Å². The second-order valence-corrected chi connectivity index (χ2v) is 7.49. The van der Waals surface area contributed by atoms with E-state index in [-0.39, 0.29) is 5.41 Å². The number of rotatable bonds is 1. The first-order chi connectivity index (χ1) is 10.4. The van der Waals surface area contributed by atoms with E-state index in [2.05, 4.69) is 62.8 Å². The van der Waals surface area contributed by atoms with Crippen LogP contribution in [0.15, 0.2) is 18.2 Å². The van der Waals surface area contributed by atoms with Crippen molar-refractivity contribution in [2.45, 2.75) is 59.3 Å². The molecule has 0 amide bonds. The van der Waals surface area contributed by atoms with Gasteiger partial charge in [0.05, 0.1) is 11.4 Å². The molecule has 0 saturated heterocycles. The lowest BCUT2D eigenvalue weighted by atomic mass is 9.88. The van der Waals surface area contributed by atoms with Gasteiger partial charge in [0, 0.05) is 17.5 Å². The number of anilines is 1. The van der Waals surface area contributed by atoms with E-state index in [1.54, 1.807) is 0 Å². The molecule has 1 N–H and O–H groups in total. The van der Waals surface area contributed by atoms with Crippen LogP contribution in [0.25, 0.3) is 5.69 Å². The van der Waals surface area contributed by atoms with Crippen LogP contribution >= 0.6 is 0 Å². The predicted octanol–water partition coefficient (Wildman–Crippen LogP) is 4.53. The molecule has 1 aromatic carbocycles. The quantitative estimate of drug-likeness (QED) is 0.837. The van der Waals surface area contributed by atoms with Gasteiger partial charge in [0.25, 0.3) is 0 Å². The van der Waals surface area contributed by atoms with Crippen LogP contribution in [0, 0.1) is 13.8 Å². The Bertz CT molecular complexity index is 689. The van der Waals surface area contributed by atoms with E-state index in [1.807, 2.05) is 0 Å². The van der Waals surface area contributed by atoms with Crippen molar-refractivity contribution in [3.63, 3.8) is 0 Å². The summed E-state index contributed by atoms with van der Waals surface area (Å²) in [6.45, 7) is 12.1. The predicted molar refractivity (Wildman–Crippen MR) is 93.2 cm³/mol. The summed E-state index contributed by atoms with van der Waals surface area (Å²) < 4.78 is 2.12. The van der Waals surface area contributed by atoms with Gasteiger partial charge in [-0.05, 0) is 56.4 Å². The fourth-order valence-corrected chi connectivity index (χ4v) is 3.15. The van der Waals surface area contributed by atoms with Gasteiger partial charge in [0.2, 0.25) is 0 Å². The fraction of sp³-hybridized carbons (Fsp3) is 0.526. The number of aryl methyl sites for hydroxylation is 2. The zero-order valence-corrected chi connectivity index (χ0v) is 14.5. The Balaban J connectivity index is 2.19. The van der Waals surface area contributed by atoms with Gasteiger partial charge in [-0.1, -0.05) is 26.8 Å². The van der Waals surface area contributed by atoms with E-state index in [9.17, 15) is 0 Å². The van der Waals surface area contributed by atoms with E-state index >= 15 is 0 Å². The zero-order chi connectivity index (χ0) is 15.9. The Kier molecular flexibility index (Phi) is 3.75. The Morgan fingerprint density at radius 3 is 2.55 bits per heavy atom. The molecule has 2 heterocycles. The second-order valence-electron chi connectivity index (χ2n) is 7.49. The average molecular weight is 297 g/mol. The molecule has 0 radical (unpaired) electrons. The van der Waals surface area contributed by atoms with Crippen LogP contribution in [0.4, 0.5) is 5.82 Å². The van der Waals surface area contributed by atoms with Crippen molar-refractivity contribution >= 4 is 5.82 Å². The number of hydrogen-bond donors (Lipinski definition) is 1. The summed E-state index contributed by atoms with van der Waals surface area (Å²) >= 11 is 0. The number of benzene rings is 1.